The number of alkyl halides is 2. The number of hydrogen-bond donors (Lipinski definition) is 1. The molecule has 0 saturated heterocycles. The highest BCUT2D eigenvalue weighted by atomic mass is 19.3. The fourth-order valence-electron chi connectivity index (χ4n) is 2.89. The average molecular weight is 413 g/mol. The molecule has 0 aliphatic heterocycles. The molecule has 0 amide bonds. The summed E-state index contributed by atoms with van der Waals surface area (Å²) in [6, 6.07) is 14.4. The second kappa shape index (κ2) is 8.24. The summed E-state index contributed by atoms with van der Waals surface area (Å²) in [5.74, 6) is -1.64. The Morgan fingerprint density at radius 2 is 1.80 bits per heavy atom. The molecule has 4 rings (SSSR count). The van der Waals surface area contributed by atoms with Gasteiger partial charge >= 0.3 is 6.43 Å². The number of benzene rings is 2. The predicted octanol–water partition coefficient (Wildman–Crippen LogP) is 4.75. The highest BCUT2D eigenvalue weighted by Gasteiger charge is 2.19. The number of H-pyrrole nitrogens is 1. The molecule has 0 radical (unpaired) electrons. The minimum atomic E-state index is -2.95. The molecular formula is C21H14F3N3O3. The lowest BCUT2D eigenvalue weighted by Gasteiger charge is -2.11. The van der Waals surface area contributed by atoms with E-state index in [1.54, 1.807) is 6.07 Å². The van der Waals surface area contributed by atoms with E-state index in [-0.39, 0.29) is 34.9 Å². The Morgan fingerprint density at radius 1 is 1.03 bits per heavy atom. The smallest absolute Gasteiger partial charge is 0.314 e. The van der Waals surface area contributed by atoms with E-state index in [0.717, 1.165) is 17.7 Å². The molecule has 0 unspecified atom stereocenters. The van der Waals surface area contributed by atoms with Crippen molar-refractivity contribution in [3.8, 4) is 28.3 Å². The van der Waals surface area contributed by atoms with Crippen LogP contribution in [0.2, 0.25) is 0 Å². The zero-order chi connectivity index (χ0) is 21.1. The van der Waals surface area contributed by atoms with Crippen molar-refractivity contribution >= 4 is 0 Å². The molecule has 0 bridgehead atoms. The molecule has 30 heavy (non-hydrogen) atoms. The van der Waals surface area contributed by atoms with Crippen molar-refractivity contribution in [2.75, 3.05) is 0 Å². The monoisotopic (exact) mass is 413 g/mol. The minimum Gasteiger partial charge on any atom is -0.488 e. The second-order valence-electron chi connectivity index (χ2n) is 6.30. The van der Waals surface area contributed by atoms with Crippen LogP contribution in [0.3, 0.4) is 0 Å². The van der Waals surface area contributed by atoms with Gasteiger partial charge in [-0.05, 0) is 35.4 Å². The molecule has 2 aromatic heterocycles. The maximum absolute atomic E-state index is 14.3. The Hall–Kier alpha value is -3.88. The van der Waals surface area contributed by atoms with Crippen LogP contribution in [0.25, 0.3) is 22.6 Å². The van der Waals surface area contributed by atoms with Crippen LogP contribution in [0.4, 0.5) is 13.2 Å². The molecule has 0 atom stereocenters. The summed E-state index contributed by atoms with van der Waals surface area (Å²) < 4.78 is 50.4. The van der Waals surface area contributed by atoms with Crippen molar-refractivity contribution in [2.45, 2.75) is 13.0 Å². The summed E-state index contributed by atoms with van der Waals surface area (Å²) in [6.07, 6.45) is -1.53. The lowest BCUT2D eigenvalue weighted by molar-refractivity contribution is 0.116. The first-order valence-corrected chi connectivity index (χ1v) is 8.82. The topological polar surface area (TPSA) is 81.0 Å². The number of halogens is 3. The Labute approximate surface area is 168 Å². The highest BCUT2D eigenvalue weighted by Crippen LogP contribution is 2.32. The molecule has 152 valence electrons. The van der Waals surface area contributed by atoms with Crippen LogP contribution in [-0.2, 0) is 6.61 Å². The van der Waals surface area contributed by atoms with E-state index < -0.39 is 23.7 Å². The summed E-state index contributed by atoms with van der Waals surface area (Å²) >= 11 is 0. The van der Waals surface area contributed by atoms with Gasteiger partial charge in [0.2, 0.25) is 5.89 Å². The standard InChI is InChI=1S/C21H14F3N3O3/c22-15-9-13(8-14(10-15)20-26-27-21(30-20)18(23)24)17-16(6-7-25-19(17)28)29-11-12-4-2-1-3-5-12/h1-10,18H,11H2,(H,25,28). The summed E-state index contributed by atoms with van der Waals surface area (Å²) in [4.78, 5) is 15.0. The SMILES string of the molecule is O=c1[nH]ccc(OCc2ccccc2)c1-c1cc(F)cc(-c2nnc(C(F)F)o2)c1. The number of aromatic amines is 1. The normalized spacial score (nSPS) is 11.1. The van der Waals surface area contributed by atoms with Crippen LogP contribution in [0.15, 0.2) is 70.0 Å². The van der Waals surface area contributed by atoms with E-state index >= 15 is 0 Å². The van der Waals surface area contributed by atoms with Gasteiger partial charge in [-0.1, -0.05) is 30.3 Å². The van der Waals surface area contributed by atoms with Crippen LogP contribution in [0.1, 0.15) is 17.9 Å². The van der Waals surface area contributed by atoms with Gasteiger partial charge in [0.25, 0.3) is 11.4 Å². The molecule has 0 spiro atoms. The van der Waals surface area contributed by atoms with Crippen LogP contribution in [0.5, 0.6) is 5.75 Å². The fraction of sp³-hybridized carbons (Fsp3) is 0.0952. The van der Waals surface area contributed by atoms with Crippen LogP contribution in [-0.4, -0.2) is 15.2 Å². The van der Waals surface area contributed by atoms with E-state index in [1.807, 2.05) is 30.3 Å². The molecule has 2 aromatic carbocycles. The van der Waals surface area contributed by atoms with E-state index in [1.165, 1.54) is 12.3 Å². The van der Waals surface area contributed by atoms with E-state index in [9.17, 15) is 18.0 Å². The van der Waals surface area contributed by atoms with Crippen molar-refractivity contribution in [1.29, 1.82) is 0 Å². The van der Waals surface area contributed by atoms with Gasteiger partial charge in [0.05, 0.1) is 5.56 Å². The lowest BCUT2D eigenvalue weighted by Crippen LogP contribution is -2.11. The molecule has 0 saturated carbocycles. The predicted molar refractivity (Wildman–Crippen MR) is 101 cm³/mol. The quantitative estimate of drug-likeness (QED) is 0.494. The Kier molecular flexibility index (Phi) is 5.34. The third-order valence-electron chi connectivity index (χ3n) is 4.22. The Bertz CT molecular complexity index is 1220. The highest BCUT2D eigenvalue weighted by molar-refractivity contribution is 5.73. The molecule has 1 N–H and O–H groups in total. The van der Waals surface area contributed by atoms with Gasteiger partial charge in [-0.3, -0.25) is 4.79 Å². The van der Waals surface area contributed by atoms with Gasteiger partial charge < -0.3 is 14.1 Å². The third-order valence-corrected chi connectivity index (χ3v) is 4.22. The first kappa shape index (κ1) is 19.4. The van der Waals surface area contributed by atoms with Gasteiger partial charge in [-0.25, -0.2) is 4.39 Å². The zero-order valence-corrected chi connectivity index (χ0v) is 15.3. The maximum Gasteiger partial charge on any atom is 0.314 e. The summed E-state index contributed by atoms with van der Waals surface area (Å²) in [5.41, 5.74) is 0.695. The fourth-order valence-corrected chi connectivity index (χ4v) is 2.89. The van der Waals surface area contributed by atoms with Crippen molar-refractivity contribution < 1.29 is 22.3 Å². The molecule has 0 aliphatic carbocycles. The molecule has 9 heteroatoms. The van der Waals surface area contributed by atoms with Crippen LogP contribution >= 0.6 is 0 Å². The van der Waals surface area contributed by atoms with Crippen molar-refractivity contribution in [3.63, 3.8) is 0 Å². The molecular weight excluding hydrogens is 399 g/mol. The summed E-state index contributed by atoms with van der Waals surface area (Å²) in [5, 5.41) is 6.76. The van der Waals surface area contributed by atoms with Crippen LogP contribution in [0, 0.1) is 5.82 Å². The zero-order valence-electron chi connectivity index (χ0n) is 15.3. The first-order valence-electron chi connectivity index (χ1n) is 8.82. The van der Waals surface area contributed by atoms with E-state index in [4.69, 9.17) is 9.15 Å². The number of nitrogens with zero attached hydrogens (tertiary/aromatic N) is 2. The number of nitrogens with one attached hydrogen (secondary N) is 1. The number of aromatic nitrogens is 3. The van der Waals surface area contributed by atoms with E-state index in [2.05, 4.69) is 15.2 Å². The molecule has 0 aliphatic rings. The summed E-state index contributed by atoms with van der Waals surface area (Å²) in [7, 11) is 0. The number of ether oxygens (including phenoxy) is 1. The number of hydrogen-bond acceptors (Lipinski definition) is 5. The molecule has 2 heterocycles. The number of pyridine rings is 1. The van der Waals surface area contributed by atoms with Gasteiger partial charge in [0, 0.05) is 11.8 Å². The molecule has 6 nitrogen and oxygen atoms in total. The van der Waals surface area contributed by atoms with Gasteiger partial charge in [0.1, 0.15) is 18.2 Å². The van der Waals surface area contributed by atoms with Gasteiger partial charge in [0.15, 0.2) is 0 Å². The molecule has 4 aromatic rings. The summed E-state index contributed by atoms with van der Waals surface area (Å²) in [6.45, 7) is 0.195. The Morgan fingerprint density at radius 3 is 2.53 bits per heavy atom. The van der Waals surface area contributed by atoms with Gasteiger partial charge in [-0.2, -0.15) is 8.78 Å². The lowest BCUT2D eigenvalue weighted by atomic mass is 10.0. The molecule has 0 fully saturated rings. The third kappa shape index (κ3) is 4.09. The first-order chi connectivity index (χ1) is 14.5. The second-order valence-corrected chi connectivity index (χ2v) is 6.30. The van der Waals surface area contributed by atoms with Gasteiger partial charge in [-0.15, -0.1) is 10.2 Å². The van der Waals surface area contributed by atoms with Crippen molar-refractivity contribution in [1.82, 2.24) is 15.2 Å². The van der Waals surface area contributed by atoms with Crippen molar-refractivity contribution in [2.24, 2.45) is 0 Å². The largest absolute Gasteiger partial charge is 0.488 e. The van der Waals surface area contributed by atoms with E-state index in [0.29, 0.717) is 0 Å². The maximum atomic E-state index is 14.3. The minimum absolute atomic E-state index is 0.0571. The average Bonchev–Trinajstić information content (AvgIpc) is 3.23. The van der Waals surface area contributed by atoms with Crippen molar-refractivity contribution in [3.05, 3.63) is 88.4 Å². The van der Waals surface area contributed by atoms with Crippen LogP contribution < -0.4 is 10.3 Å². The Balaban J connectivity index is 1.73. The number of rotatable bonds is 6.